The maximum absolute atomic E-state index is 13.7. The van der Waals surface area contributed by atoms with Crippen LogP contribution < -0.4 is 9.80 Å². The molecule has 0 radical (unpaired) electrons. The summed E-state index contributed by atoms with van der Waals surface area (Å²) in [7, 11) is 4.01. The van der Waals surface area contributed by atoms with E-state index in [1.54, 1.807) is 0 Å². The van der Waals surface area contributed by atoms with Crippen LogP contribution >= 0.6 is 0 Å². The first-order chi connectivity index (χ1) is 15.6. The van der Waals surface area contributed by atoms with Gasteiger partial charge in [-0.3, -0.25) is 14.6 Å². The Morgan fingerprint density at radius 1 is 1.09 bits per heavy atom. The molecule has 1 aliphatic heterocycles. The van der Waals surface area contributed by atoms with Gasteiger partial charge in [0, 0.05) is 38.3 Å². The average Bonchev–Trinajstić information content (AvgIpc) is 2.86. The molecule has 1 heterocycles. The maximum Gasteiger partial charge on any atom is 0.227 e. The second-order valence-corrected chi connectivity index (χ2v) is 10.8. The molecule has 4 rings (SSSR count). The van der Waals surface area contributed by atoms with E-state index < -0.39 is 12.0 Å². The van der Waals surface area contributed by atoms with Crippen LogP contribution in [0.2, 0.25) is 0 Å². The summed E-state index contributed by atoms with van der Waals surface area (Å²) in [6, 6.07) is 15.7. The first-order valence-corrected chi connectivity index (χ1v) is 11.9. The summed E-state index contributed by atoms with van der Waals surface area (Å²) in [6.45, 7) is 8.36. The highest BCUT2D eigenvalue weighted by Crippen LogP contribution is 2.48. The molecule has 5 nitrogen and oxygen atoms in total. The Kier molecular flexibility index (Phi) is 6.17. The third-order valence-corrected chi connectivity index (χ3v) is 6.62. The van der Waals surface area contributed by atoms with Crippen LogP contribution in [0.25, 0.3) is 0 Å². The molecule has 174 valence electrons. The summed E-state index contributed by atoms with van der Waals surface area (Å²) in [4.78, 5) is 36.4. The first-order valence-electron chi connectivity index (χ1n) is 11.9. The lowest BCUT2D eigenvalue weighted by atomic mass is 9.68. The van der Waals surface area contributed by atoms with E-state index in [4.69, 9.17) is 4.99 Å². The molecule has 0 N–H and O–H groups in total. The van der Waals surface area contributed by atoms with E-state index in [0.29, 0.717) is 12.8 Å². The van der Waals surface area contributed by atoms with E-state index in [0.717, 1.165) is 34.8 Å². The molecule has 2 aliphatic rings. The summed E-state index contributed by atoms with van der Waals surface area (Å²) in [6.07, 6.45) is 1.66. The quantitative estimate of drug-likeness (QED) is 0.583. The third kappa shape index (κ3) is 4.59. The molecule has 1 fully saturated rings. The predicted molar refractivity (Wildman–Crippen MR) is 135 cm³/mol. The van der Waals surface area contributed by atoms with Gasteiger partial charge < -0.3 is 9.80 Å². The molecule has 0 saturated heterocycles. The number of Topliss-reactive ketones (excluding diaryl/α,β-unsaturated/α-hetero) is 1. The van der Waals surface area contributed by atoms with Gasteiger partial charge in [-0.15, -0.1) is 0 Å². The Morgan fingerprint density at radius 2 is 1.76 bits per heavy atom. The van der Waals surface area contributed by atoms with Gasteiger partial charge in [0.15, 0.2) is 0 Å². The summed E-state index contributed by atoms with van der Waals surface area (Å²) in [5, 5.41) is 0. The van der Waals surface area contributed by atoms with Crippen molar-refractivity contribution < 1.29 is 9.59 Å². The number of hydrogen-bond acceptors (Lipinski definition) is 4. The topological polar surface area (TPSA) is 53.0 Å². The largest absolute Gasteiger partial charge is 0.378 e. The van der Waals surface area contributed by atoms with Crippen LogP contribution in [-0.2, 0) is 9.59 Å². The number of rotatable bonds is 4. The van der Waals surface area contributed by atoms with Crippen LogP contribution in [-0.4, -0.2) is 31.5 Å². The van der Waals surface area contributed by atoms with Crippen LogP contribution in [0.4, 0.5) is 17.1 Å². The van der Waals surface area contributed by atoms with Crippen LogP contribution in [0.3, 0.4) is 0 Å². The van der Waals surface area contributed by atoms with E-state index in [1.807, 2.05) is 43.3 Å². The minimum Gasteiger partial charge on any atom is -0.378 e. The number of hydrogen-bond donors (Lipinski definition) is 0. The zero-order valence-corrected chi connectivity index (χ0v) is 20.6. The number of benzene rings is 2. The molecular weight excluding hydrogens is 410 g/mol. The molecule has 2 unspecified atom stereocenters. The molecule has 1 saturated carbocycles. The Bertz CT molecular complexity index is 1080. The second kappa shape index (κ2) is 8.77. The van der Waals surface area contributed by atoms with Gasteiger partial charge >= 0.3 is 0 Å². The van der Waals surface area contributed by atoms with Crippen molar-refractivity contribution in [3.05, 3.63) is 54.1 Å². The van der Waals surface area contributed by atoms with Crippen molar-refractivity contribution in [2.75, 3.05) is 23.9 Å². The lowest BCUT2D eigenvalue weighted by molar-refractivity contribution is -0.125. The van der Waals surface area contributed by atoms with Gasteiger partial charge in [0.05, 0.1) is 23.3 Å². The molecule has 33 heavy (non-hydrogen) atoms. The van der Waals surface area contributed by atoms with E-state index in [2.05, 4.69) is 56.9 Å². The first kappa shape index (κ1) is 23.2. The van der Waals surface area contributed by atoms with Gasteiger partial charge in [0.2, 0.25) is 5.91 Å². The molecule has 1 amide bonds. The van der Waals surface area contributed by atoms with Crippen molar-refractivity contribution in [1.29, 1.82) is 0 Å². The van der Waals surface area contributed by atoms with Crippen molar-refractivity contribution in [3.8, 4) is 0 Å². The molecular formula is C28H35N3O2. The lowest BCUT2D eigenvalue weighted by Crippen LogP contribution is -2.47. The van der Waals surface area contributed by atoms with Crippen molar-refractivity contribution >= 4 is 34.5 Å². The van der Waals surface area contributed by atoms with Gasteiger partial charge in [-0.1, -0.05) is 52.0 Å². The van der Waals surface area contributed by atoms with Gasteiger partial charge in [-0.05, 0) is 47.6 Å². The second-order valence-electron chi connectivity index (χ2n) is 10.8. The number of para-hydroxylation sites is 2. The molecule has 2 aromatic carbocycles. The minimum atomic E-state index is -0.438. The standard InChI is InChI=1S/C28H35N3O2/c1-18(2)15-25(33)31-23-10-8-7-9-21(23)29-22-16-28(3,4)17-24(32)26(22)27(31)19-11-13-20(14-12-19)30(5)6/h7-14,18,26-27H,15-17H2,1-6H3. The fourth-order valence-electron chi connectivity index (χ4n) is 5.16. The number of ketones is 1. The normalized spacial score (nSPS) is 21.7. The zero-order valence-electron chi connectivity index (χ0n) is 20.6. The summed E-state index contributed by atoms with van der Waals surface area (Å²) in [5.41, 5.74) is 4.37. The molecule has 0 spiro atoms. The number of carbonyl (C=O) groups excluding carboxylic acids is 2. The van der Waals surface area contributed by atoms with E-state index in [1.165, 1.54) is 0 Å². The number of carbonyl (C=O) groups is 2. The number of aliphatic imine (C=N–C) groups is 1. The molecule has 1 aliphatic carbocycles. The lowest BCUT2D eigenvalue weighted by Gasteiger charge is -2.41. The molecule has 0 bridgehead atoms. The smallest absolute Gasteiger partial charge is 0.227 e. The highest BCUT2D eigenvalue weighted by atomic mass is 16.2. The summed E-state index contributed by atoms with van der Waals surface area (Å²) >= 11 is 0. The maximum atomic E-state index is 13.7. The van der Waals surface area contributed by atoms with Crippen molar-refractivity contribution in [1.82, 2.24) is 0 Å². The third-order valence-electron chi connectivity index (χ3n) is 6.62. The van der Waals surface area contributed by atoms with Crippen LogP contribution in [0, 0.1) is 17.3 Å². The molecule has 5 heteroatoms. The monoisotopic (exact) mass is 445 g/mol. The Morgan fingerprint density at radius 3 is 2.39 bits per heavy atom. The van der Waals surface area contributed by atoms with Gasteiger partial charge in [0.25, 0.3) is 0 Å². The Labute approximate surface area is 197 Å². The van der Waals surface area contributed by atoms with E-state index >= 15 is 0 Å². The van der Waals surface area contributed by atoms with Crippen molar-refractivity contribution in [3.63, 3.8) is 0 Å². The van der Waals surface area contributed by atoms with Crippen LogP contribution in [0.1, 0.15) is 58.6 Å². The number of nitrogens with zero attached hydrogens (tertiary/aromatic N) is 3. The fourth-order valence-corrected chi connectivity index (χ4v) is 5.16. The Balaban J connectivity index is 1.94. The number of amides is 1. The molecule has 2 aromatic rings. The van der Waals surface area contributed by atoms with Crippen molar-refractivity contribution in [2.45, 2.75) is 53.0 Å². The summed E-state index contributed by atoms with van der Waals surface area (Å²) < 4.78 is 0. The van der Waals surface area contributed by atoms with E-state index in [-0.39, 0.29) is 23.0 Å². The fraction of sp³-hybridized carbons (Fsp3) is 0.464. The van der Waals surface area contributed by atoms with Crippen molar-refractivity contribution in [2.24, 2.45) is 22.2 Å². The average molecular weight is 446 g/mol. The summed E-state index contributed by atoms with van der Waals surface area (Å²) in [5.74, 6) is -0.0205. The number of anilines is 2. The zero-order chi connectivity index (χ0) is 23.9. The van der Waals surface area contributed by atoms with E-state index in [9.17, 15) is 9.59 Å². The van der Waals surface area contributed by atoms with Crippen LogP contribution in [0.5, 0.6) is 0 Å². The van der Waals surface area contributed by atoms with Crippen LogP contribution in [0.15, 0.2) is 53.5 Å². The minimum absolute atomic E-state index is 0.0354. The Hall–Kier alpha value is -2.95. The van der Waals surface area contributed by atoms with Gasteiger partial charge in [-0.25, -0.2) is 0 Å². The van der Waals surface area contributed by atoms with Gasteiger partial charge in [0.1, 0.15) is 5.78 Å². The molecule has 2 atom stereocenters. The predicted octanol–water partition coefficient (Wildman–Crippen LogP) is 5.96. The SMILES string of the molecule is CC(C)CC(=O)N1c2ccccc2N=C2CC(C)(C)CC(=O)C2C1c1ccc(N(C)C)cc1. The van der Waals surface area contributed by atoms with Gasteiger partial charge in [-0.2, -0.15) is 0 Å². The number of fused-ring (bicyclic) bond motifs is 2. The highest BCUT2D eigenvalue weighted by molar-refractivity contribution is 6.13. The molecule has 0 aromatic heterocycles. The highest BCUT2D eigenvalue weighted by Gasteiger charge is 2.47.